The number of para-hydroxylation sites is 1. The van der Waals surface area contributed by atoms with Gasteiger partial charge in [0.05, 0.1) is 11.4 Å². The van der Waals surface area contributed by atoms with E-state index in [1.165, 1.54) is 0 Å². The van der Waals surface area contributed by atoms with Gasteiger partial charge in [0.1, 0.15) is 5.69 Å². The lowest BCUT2D eigenvalue weighted by atomic mass is 10.0. The minimum atomic E-state index is -0.200. The van der Waals surface area contributed by atoms with E-state index in [4.69, 9.17) is 0 Å². The Morgan fingerprint density at radius 3 is 2.74 bits per heavy atom. The number of hydrogen-bond acceptors (Lipinski definition) is 3. The van der Waals surface area contributed by atoms with E-state index in [1.807, 2.05) is 44.3 Å². The molecule has 6 nitrogen and oxygen atoms in total. The number of benzene rings is 1. The number of carbonyl (C=O) groups excluding carboxylic acids is 1. The third kappa shape index (κ3) is 3.07. The van der Waals surface area contributed by atoms with Gasteiger partial charge >= 0.3 is 0 Å². The van der Waals surface area contributed by atoms with Crippen molar-refractivity contribution in [2.45, 2.75) is 19.8 Å². The van der Waals surface area contributed by atoms with E-state index in [2.05, 4.69) is 10.6 Å². The third-order valence-electron chi connectivity index (χ3n) is 4.46. The Kier molecular flexibility index (Phi) is 4.34. The van der Waals surface area contributed by atoms with Gasteiger partial charge in [0.15, 0.2) is 0 Å². The van der Waals surface area contributed by atoms with Gasteiger partial charge in [-0.15, -0.1) is 0 Å². The topological polar surface area (TPSA) is 68.1 Å². The van der Waals surface area contributed by atoms with Gasteiger partial charge < -0.3 is 10.6 Å². The van der Waals surface area contributed by atoms with Crippen LogP contribution in [0.15, 0.2) is 35.1 Å². The number of anilines is 1. The Morgan fingerprint density at radius 2 is 2.09 bits per heavy atom. The molecule has 1 aliphatic heterocycles. The average Bonchev–Trinajstić information content (AvgIpc) is 3.12. The predicted octanol–water partition coefficient (Wildman–Crippen LogP) is 1.42. The number of amides is 1. The summed E-state index contributed by atoms with van der Waals surface area (Å²) in [5.41, 5.74) is 1.70. The molecule has 2 N–H and O–H groups in total. The van der Waals surface area contributed by atoms with Crippen molar-refractivity contribution in [1.29, 1.82) is 0 Å². The molecular weight excluding hydrogens is 292 g/mol. The normalized spacial score (nSPS) is 17.4. The highest BCUT2D eigenvalue weighted by molar-refractivity contribution is 5.91. The largest absolute Gasteiger partial charge is 0.320 e. The maximum Gasteiger partial charge on any atom is 0.295 e. The minimum absolute atomic E-state index is 0.0929. The smallest absolute Gasteiger partial charge is 0.295 e. The molecule has 1 unspecified atom stereocenters. The summed E-state index contributed by atoms with van der Waals surface area (Å²) in [6, 6.07) is 9.42. The molecule has 0 spiro atoms. The van der Waals surface area contributed by atoms with Crippen molar-refractivity contribution in [3.05, 3.63) is 46.4 Å². The SMILES string of the molecule is Cc1c(NC(=O)CC2CCNC2)c(=O)n(-c2ccccc2)n1C. The van der Waals surface area contributed by atoms with Crippen LogP contribution in [0.25, 0.3) is 5.69 Å². The number of nitrogens with zero attached hydrogens (tertiary/aromatic N) is 2. The molecule has 6 heteroatoms. The lowest BCUT2D eigenvalue weighted by Crippen LogP contribution is -2.24. The van der Waals surface area contributed by atoms with Crippen molar-refractivity contribution >= 4 is 11.6 Å². The summed E-state index contributed by atoms with van der Waals surface area (Å²) in [5.74, 6) is 0.264. The van der Waals surface area contributed by atoms with Crippen LogP contribution < -0.4 is 16.2 Å². The van der Waals surface area contributed by atoms with Crippen molar-refractivity contribution in [2.75, 3.05) is 18.4 Å². The zero-order chi connectivity index (χ0) is 16.4. The third-order valence-corrected chi connectivity index (χ3v) is 4.46. The van der Waals surface area contributed by atoms with E-state index in [0.29, 0.717) is 18.0 Å². The lowest BCUT2D eigenvalue weighted by Gasteiger charge is -2.08. The Morgan fingerprint density at radius 1 is 1.35 bits per heavy atom. The molecule has 1 amide bonds. The number of aromatic nitrogens is 2. The molecular formula is C17H22N4O2. The molecule has 1 fully saturated rings. The molecule has 3 rings (SSSR count). The number of rotatable bonds is 4. The van der Waals surface area contributed by atoms with Gasteiger partial charge in [-0.2, -0.15) is 0 Å². The number of nitrogens with one attached hydrogen (secondary N) is 2. The van der Waals surface area contributed by atoms with Crippen LogP contribution in [0.2, 0.25) is 0 Å². The molecule has 1 aromatic carbocycles. The zero-order valence-electron chi connectivity index (χ0n) is 13.5. The fourth-order valence-corrected chi connectivity index (χ4v) is 3.05. The summed E-state index contributed by atoms with van der Waals surface area (Å²) in [6.07, 6.45) is 1.46. The molecule has 122 valence electrons. The Labute approximate surface area is 135 Å². The highest BCUT2D eigenvalue weighted by atomic mass is 16.2. The summed E-state index contributed by atoms with van der Waals surface area (Å²) < 4.78 is 3.34. The van der Waals surface area contributed by atoms with Crippen LogP contribution in [-0.4, -0.2) is 28.4 Å². The fourth-order valence-electron chi connectivity index (χ4n) is 3.05. The van der Waals surface area contributed by atoms with E-state index in [0.717, 1.165) is 30.9 Å². The van der Waals surface area contributed by atoms with Crippen LogP contribution >= 0.6 is 0 Å². The number of hydrogen-bond donors (Lipinski definition) is 2. The van der Waals surface area contributed by atoms with Crippen molar-refractivity contribution in [1.82, 2.24) is 14.7 Å². The molecule has 0 aliphatic carbocycles. The summed E-state index contributed by atoms with van der Waals surface area (Å²) >= 11 is 0. The maximum absolute atomic E-state index is 12.7. The standard InChI is InChI=1S/C17H22N4O2/c1-12-16(19-15(22)10-13-8-9-18-11-13)17(23)21(20(12)2)14-6-4-3-5-7-14/h3-7,13,18H,8-11H2,1-2H3,(H,19,22). The molecule has 1 saturated heterocycles. The lowest BCUT2D eigenvalue weighted by molar-refractivity contribution is -0.117. The van der Waals surface area contributed by atoms with Crippen molar-refractivity contribution < 1.29 is 4.79 Å². The molecule has 0 bridgehead atoms. The Balaban J connectivity index is 1.85. The van der Waals surface area contributed by atoms with Crippen molar-refractivity contribution in [2.24, 2.45) is 13.0 Å². The minimum Gasteiger partial charge on any atom is -0.320 e. The zero-order valence-corrected chi connectivity index (χ0v) is 13.5. The molecule has 1 aliphatic rings. The molecule has 2 heterocycles. The van der Waals surface area contributed by atoms with Gasteiger partial charge in [-0.25, -0.2) is 4.68 Å². The molecule has 0 saturated carbocycles. The van der Waals surface area contributed by atoms with Crippen LogP contribution in [0.1, 0.15) is 18.5 Å². The first-order valence-corrected chi connectivity index (χ1v) is 7.92. The average molecular weight is 314 g/mol. The van der Waals surface area contributed by atoms with Crippen LogP contribution in [0.5, 0.6) is 0 Å². The predicted molar refractivity (Wildman–Crippen MR) is 90.0 cm³/mol. The van der Waals surface area contributed by atoms with E-state index in [1.54, 1.807) is 9.36 Å². The summed E-state index contributed by atoms with van der Waals surface area (Å²) in [7, 11) is 1.82. The van der Waals surface area contributed by atoms with Gasteiger partial charge in [-0.1, -0.05) is 18.2 Å². The summed E-state index contributed by atoms with van der Waals surface area (Å²) in [6.45, 7) is 3.67. The van der Waals surface area contributed by atoms with Crippen LogP contribution in [0.3, 0.4) is 0 Å². The second-order valence-electron chi connectivity index (χ2n) is 6.05. The van der Waals surface area contributed by atoms with Crippen LogP contribution in [0.4, 0.5) is 5.69 Å². The molecule has 0 radical (unpaired) electrons. The first-order chi connectivity index (χ1) is 11.1. The van der Waals surface area contributed by atoms with Gasteiger partial charge in [0.2, 0.25) is 5.91 Å². The van der Waals surface area contributed by atoms with Gasteiger partial charge in [-0.3, -0.25) is 14.3 Å². The van der Waals surface area contributed by atoms with E-state index in [9.17, 15) is 9.59 Å². The monoisotopic (exact) mass is 314 g/mol. The summed E-state index contributed by atoms with van der Waals surface area (Å²) in [5, 5.41) is 6.06. The number of carbonyl (C=O) groups is 1. The second-order valence-corrected chi connectivity index (χ2v) is 6.05. The highest BCUT2D eigenvalue weighted by Gasteiger charge is 2.21. The molecule has 1 aromatic heterocycles. The Bertz CT molecular complexity index is 755. The second kappa shape index (κ2) is 6.42. The summed E-state index contributed by atoms with van der Waals surface area (Å²) in [4.78, 5) is 24.9. The maximum atomic E-state index is 12.7. The van der Waals surface area contributed by atoms with Gasteiger partial charge in [0.25, 0.3) is 5.56 Å². The molecule has 2 aromatic rings. The van der Waals surface area contributed by atoms with Crippen molar-refractivity contribution in [3.8, 4) is 5.69 Å². The van der Waals surface area contributed by atoms with Crippen LogP contribution in [-0.2, 0) is 11.8 Å². The highest BCUT2D eigenvalue weighted by Crippen LogP contribution is 2.16. The van der Waals surface area contributed by atoms with E-state index < -0.39 is 0 Å². The quantitative estimate of drug-likeness (QED) is 0.897. The van der Waals surface area contributed by atoms with Crippen LogP contribution in [0, 0.1) is 12.8 Å². The molecule has 1 atom stereocenters. The first-order valence-electron chi connectivity index (χ1n) is 7.92. The fraction of sp³-hybridized carbons (Fsp3) is 0.412. The molecule has 23 heavy (non-hydrogen) atoms. The first kappa shape index (κ1) is 15.6. The van der Waals surface area contributed by atoms with E-state index >= 15 is 0 Å². The Hall–Kier alpha value is -2.34. The van der Waals surface area contributed by atoms with Gasteiger partial charge in [-0.05, 0) is 44.5 Å². The van der Waals surface area contributed by atoms with Crippen molar-refractivity contribution in [3.63, 3.8) is 0 Å². The van der Waals surface area contributed by atoms with E-state index in [-0.39, 0.29) is 11.5 Å². The van der Waals surface area contributed by atoms with Gasteiger partial charge in [0, 0.05) is 13.5 Å².